The fourth-order valence-corrected chi connectivity index (χ4v) is 2.88. The third kappa shape index (κ3) is 4.77. The van der Waals surface area contributed by atoms with Crippen molar-refractivity contribution in [3.8, 4) is 0 Å². The van der Waals surface area contributed by atoms with Gasteiger partial charge >= 0.3 is 6.03 Å². The van der Waals surface area contributed by atoms with Gasteiger partial charge in [-0.1, -0.05) is 18.2 Å². The van der Waals surface area contributed by atoms with Gasteiger partial charge in [-0.3, -0.25) is 4.98 Å². The lowest BCUT2D eigenvalue weighted by atomic mass is 10.2. The van der Waals surface area contributed by atoms with Gasteiger partial charge in [0, 0.05) is 30.9 Å². The minimum atomic E-state index is -0.229. The van der Waals surface area contributed by atoms with E-state index >= 15 is 0 Å². The number of aryl methyl sites for hydroxylation is 1. The molecule has 2 aromatic heterocycles. The zero-order chi connectivity index (χ0) is 19.4. The second kappa shape index (κ2) is 8.09. The van der Waals surface area contributed by atoms with Crippen LogP contribution in [0.1, 0.15) is 17.1 Å². The number of urea groups is 1. The molecule has 0 saturated carbocycles. The molecule has 27 heavy (non-hydrogen) atoms. The summed E-state index contributed by atoms with van der Waals surface area (Å²) in [6.45, 7) is 3.04. The van der Waals surface area contributed by atoms with Crippen LogP contribution >= 0.6 is 0 Å². The van der Waals surface area contributed by atoms with E-state index in [1.807, 2.05) is 56.3 Å². The van der Waals surface area contributed by atoms with E-state index in [0.29, 0.717) is 18.1 Å². The minimum absolute atomic E-state index is 0.229. The van der Waals surface area contributed by atoms with Crippen LogP contribution in [0.25, 0.3) is 10.9 Å². The molecule has 0 unspecified atom stereocenters. The Kier molecular flexibility index (Phi) is 5.61. The summed E-state index contributed by atoms with van der Waals surface area (Å²) < 4.78 is 0. The van der Waals surface area contributed by atoms with E-state index in [1.54, 1.807) is 24.3 Å². The van der Waals surface area contributed by atoms with Crippen LogP contribution in [0, 0.1) is 6.92 Å². The SMILES string of the molecule is Cc1nc(CN(C)C(=O)Nc2cncc(CN(C)C)c2)nc2ccccc12. The molecule has 0 radical (unpaired) electrons. The lowest BCUT2D eigenvalue weighted by Gasteiger charge is -2.18. The number of hydrogen-bond acceptors (Lipinski definition) is 5. The predicted octanol–water partition coefficient (Wildman–Crippen LogP) is 3.06. The first-order valence-electron chi connectivity index (χ1n) is 8.75. The number of anilines is 1. The highest BCUT2D eigenvalue weighted by Crippen LogP contribution is 2.16. The molecule has 1 N–H and O–H groups in total. The van der Waals surface area contributed by atoms with E-state index in [0.717, 1.165) is 28.7 Å². The number of amides is 2. The number of pyridine rings is 1. The molecule has 7 nitrogen and oxygen atoms in total. The lowest BCUT2D eigenvalue weighted by molar-refractivity contribution is 0.219. The van der Waals surface area contributed by atoms with Crippen LogP contribution in [0.2, 0.25) is 0 Å². The Balaban J connectivity index is 1.69. The van der Waals surface area contributed by atoms with E-state index in [2.05, 4.69) is 20.3 Å². The van der Waals surface area contributed by atoms with E-state index < -0.39 is 0 Å². The van der Waals surface area contributed by atoms with Gasteiger partial charge in [-0.2, -0.15) is 0 Å². The van der Waals surface area contributed by atoms with E-state index in [4.69, 9.17) is 0 Å². The van der Waals surface area contributed by atoms with Gasteiger partial charge in [-0.15, -0.1) is 0 Å². The molecular formula is C20H24N6O. The molecule has 2 amide bonds. The van der Waals surface area contributed by atoms with Crippen molar-refractivity contribution in [2.24, 2.45) is 0 Å². The van der Waals surface area contributed by atoms with Crippen molar-refractivity contribution in [1.29, 1.82) is 0 Å². The van der Waals surface area contributed by atoms with Crippen molar-refractivity contribution in [2.75, 3.05) is 26.5 Å². The Morgan fingerprint density at radius 2 is 1.85 bits per heavy atom. The zero-order valence-electron chi connectivity index (χ0n) is 16.1. The second-order valence-electron chi connectivity index (χ2n) is 6.85. The number of carbonyl (C=O) groups excluding carboxylic acids is 1. The summed E-state index contributed by atoms with van der Waals surface area (Å²) >= 11 is 0. The number of rotatable bonds is 5. The van der Waals surface area contributed by atoms with Crippen molar-refractivity contribution in [3.63, 3.8) is 0 Å². The van der Waals surface area contributed by atoms with Crippen molar-refractivity contribution in [1.82, 2.24) is 24.8 Å². The van der Waals surface area contributed by atoms with E-state index in [-0.39, 0.29) is 6.03 Å². The van der Waals surface area contributed by atoms with Crippen molar-refractivity contribution < 1.29 is 4.79 Å². The highest BCUT2D eigenvalue weighted by atomic mass is 16.2. The topological polar surface area (TPSA) is 74.2 Å². The molecule has 0 atom stereocenters. The monoisotopic (exact) mass is 364 g/mol. The molecule has 7 heteroatoms. The standard InChI is InChI=1S/C20H24N6O/c1-14-17-7-5-6-8-18(17)24-19(22-14)13-26(4)20(27)23-16-9-15(10-21-11-16)12-25(2)3/h5-11H,12-13H2,1-4H3,(H,23,27). The van der Waals surface area contributed by atoms with E-state index in [1.165, 1.54) is 0 Å². The number of aromatic nitrogens is 3. The molecule has 0 aliphatic heterocycles. The van der Waals surface area contributed by atoms with Gasteiger partial charge in [0.25, 0.3) is 0 Å². The first-order chi connectivity index (χ1) is 12.9. The first kappa shape index (κ1) is 18.7. The Hall–Kier alpha value is -3.06. The summed E-state index contributed by atoms with van der Waals surface area (Å²) in [5.74, 6) is 0.614. The van der Waals surface area contributed by atoms with Crippen LogP contribution in [-0.2, 0) is 13.1 Å². The molecule has 0 saturated heterocycles. The molecule has 0 fully saturated rings. The number of nitrogens with one attached hydrogen (secondary N) is 1. The molecule has 0 spiro atoms. The summed E-state index contributed by atoms with van der Waals surface area (Å²) in [4.78, 5) is 29.4. The van der Waals surface area contributed by atoms with Crippen LogP contribution in [0.15, 0.2) is 42.7 Å². The molecule has 2 heterocycles. The normalized spacial score (nSPS) is 11.0. The number of hydrogen-bond donors (Lipinski definition) is 1. The second-order valence-corrected chi connectivity index (χ2v) is 6.85. The Bertz CT molecular complexity index is 956. The Morgan fingerprint density at radius 3 is 2.63 bits per heavy atom. The summed E-state index contributed by atoms with van der Waals surface area (Å²) in [7, 11) is 5.70. The van der Waals surface area contributed by atoms with E-state index in [9.17, 15) is 4.79 Å². The van der Waals surface area contributed by atoms with Gasteiger partial charge in [0.2, 0.25) is 0 Å². The van der Waals surface area contributed by atoms with Crippen molar-refractivity contribution in [2.45, 2.75) is 20.0 Å². The van der Waals surface area contributed by atoms with Crippen LogP contribution < -0.4 is 5.32 Å². The van der Waals surface area contributed by atoms with Crippen molar-refractivity contribution in [3.05, 3.63) is 59.8 Å². The molecule has 0 aliphatic carbocycles. The summed E-state index contributed by atoms with van der Waals surface area (Å²) in [5.41, 5.74) is 3.50. The predicted molar refractivity (Wildman–Crippen MR) is 106 cm³/mol. The smallest absolute Gasteiger partial charge is 0.320 e. The average Bonchev–Trinajstić information content (AvgIpc) is 2.61. The molecule has 140 valence electrons. The maximum Gasteiger partial charge on any atom is 0.322 e. The quantitative estimate of drug-likeness (QED) is 0.753. The van der Waals surface area contributed by atoms with Gasteiger partial charge < -0.3 is 15.1 Å². The first-order valence-corrected chi connectivity index (χ1v) is 8.75. The number of carbonyl (C=O) groups is 1. The zero-order valence-corrected chi connectivity index (χ0v) is 16.1. The third-order valence-electron chi connectivity index (χ3n) is 4.11. The van der Waals surface area contributed by atoms with Crippen molar-refractivity contribution >= 4 is 22.6 Å². The molecule has 0 bridgehead atoms. The van der Waals surface area contributed by atoms with Gasteiger partial charge in [0.1, 0.15) is 5.82 Å². The van der Waals surface area contributed by atoms with Gasteiger partial charge in [-0.05, 0) is 38.7 Å². The fourth-order valence-electron chi connectivity index (χ4n) is 2.88. The summed E-state index contributed by atoms with van der Waals surface area (Å²) in [6.07, 6.45) is 3.44. The van der Waals surface area contributed by atoms with Crippen LogP contribution in [0.5, 0.6) is 0 Å². The van der Waals surface area contributed by atoms with Gasteiger partial charge in [0.15, 0.2) is 0 Å². The molecular weight excluding hydrogens is 340 g/mol. The lowest BCUT2D eigenvalue weighted by Crippen LogP contribution is -2.31. The third-order valence-corrected chi connectivity index (χ3v) is 4.11. The molecule has 0 aliphatic rings. The van der Waals surface area contributed by atoms with Gasteiger partial charge in [0.05, 0.1) is 23.9 Å². The Morgan fingerprint density at radius 1 is 1.07 bits per heavy atom. The summed E-state index contributed by atoms with van der Waals surface area (Å²) in [5, 5.41) is 3.90. The molecule has 1 aromatic carbocycles. The highest BCUT2D eigenvalue weighted by molar-refractivity contribution is 5.89. The summed E-state index contributed by atoms with van der Waals surface area (Å²) in [6, 6.07) is 9.57. The number of para-hydroxylation sites is 1. The van der Waals surface area contributed by atoms with Crippen LogP contribution in [0.4, 0.5) is 10.5 Å². The minimum Gasteiger partial charge on any atom is -0.320 e. The van der Waals surface area contributed by atoms with Crippen LogP contribution in [0.3, 0.4) is 0 Å². The highest BCUT2D eigenvalue weighted by Gasteiger charge is 2.13. The maximum atomic E-state index is 12.5. The molecule has 3 rings (SSSR count). The average molecular weight is 364 g/mol. The largest absolute Gasteiger partial charge is 0.322 e. The fraction of sp³-hybridized carbons (Fsp3) is 0.300. The number of benzene rings is 1. The van der Waals surface area contributed by atoms with Gasteiger partial charge in [-0.25, -0.2) is 14.8 Å². The Labute approximate surface area is 159 Å². The maximum absolute atomic E-state index is 12.5. The number of fused-ring (bicyclic) bond motifs is 1. The number of nitrogens with zero attached hydrogens (tertiary/aromatic N) is 5. The molecule has 3 aromatic rings. The van der Waals surface area contributed by atoms with Crippen LogP contribution in [-0.4, -0.2) is 51.9 Å².